The molecule has 0 amide bonds. The Morgan fingerprint density at radius 2 is 1.32 bits per heavy atom. The van der Waals surface area contributed by atoms with Crippen LogP contribution in [0.5, 0.6) is 5.75 Å². The number of allylic oxidation sites excluding steroid dienone is 1. The fourth-order valence-corrected chi connectivity index (χ4v) is 2.53. The third-order valence-corrected chi connectivity index (χ3v) is 4.12. The van der Waals surface area contributed by atoms with Crippen molar-refractivity contribution in [3.63, 3.8) is 0 Å². The molecule has 138 valence electrons. The molecule has 0 aliphatic rings. The fourth-order valence-electron chi connectivity index (χ4n) is 2.41. The van der Waals surface area contributed by atoms with Crippen molar-refractivity contribution in [3.05, 3.63) is 113 Å². The Kier molecular flexibility index (Phi) is 6.55. The van der Waals surface area contributed by atoms with E-state index in [4.69, 9.17) is 16.3 Å². The van der Waals surface area contributed by atoms with Crippen LogP contribution in [-0.4, -0.2) is 11.8 Å². The van der Waals surface area contributed by atoms with Gasteiger partial charge in [-0.25, -0.2) is 4.79 Å². The summed E-state index contributed by atoms with van der Waals surface area (Å²) in [6.45, 7) is 0. The highest BCUT2D eigenvalue weighted by Gasteiger charge is 2.04. The van der Waals surface area contributed by atoms with Gasteiger partial charge in [0.05, 0.1) is 0 Å². The molecule has 0 heterocycles. The summed E-state index contributed by atoms with van der Waals surface area (Å²) in [5.74, 6) is -0.247. The minimum Gasteiger partial charge on any atom is -0.423 e. The van der Waals surface area contributed by atoms with E-state index in [1.807, 2.05) is 42.5 Å². The van der Waals surface area contributed by atoms with Gasteiger partial charge < -0.3 is 4.74 Å². The molecule has 0 saturated heterocycles. The molecule has 0 bridgehead atoms. The van der Waals surface area contributed by atoms with Gasteiger partial charge in [0.1, 0.15) is 5.75 Å². The molecule has 0 saturated carbocycles. The number of ketones is 1. The van der Waals surface area contributed by atoms with Gasteiger partial charge in [-0.3, -0.25) is 4.79 Å². The Balaban J connectivity index is 1.58. The average Bonchev–Trinajstić information content (AvgIpc) is 2.73. The largest absolute Gasteiger partial charge is 0.423 e. The number of halogens is 1. The molecule has 0 aliphatic carbocycles. The molecule has 28 heavy (non-hydrogen) atoms. The summed E-state index contributed by atoms with van der Waals surface area (Å²) in [5.41, 5.74) is 2.30. The first-order valence-corrected chi connectivity index (χ1v) is 9.01. The van der Waals surface area contributed by atoms with E-state index in [9.17, 15) is 9.59 Å². The Labute approximate surface area is 168 Å². The molecule has 0 N–H and O–H groups in total. The summed E-state index contributed by atoms with van der Waals surface area (Å²) in [5, 5.41) is 0.646. The first-order valence-electron chi connectivity index (χ1n) is 8.63. The highest BCUT2D eigenvalue weighted by molar-refractivity contribution is 6.30. The first kappa shape index (κ1) is 19.3. The predicted octanol–water partition coefficient (Wildman–Crippen LogP) is 5.85. The van der Waals surface area contributed by atoms with E-state index >= 15 is 0 Å². The fraction of sp³-hybridized carbons (Fsp3) is 0. The third kappa shape index (κ3) is 5.79. The number of hydrogen-bond acceptors (Lipinski definition) is 3. The molecule has 0 aliphatic heterocycles. The van der Waals surface area contributed by atoms with Crippen molar-refractivity contribution in [1.82, 2.24) is 0 Å². The lowest BCUT2D eigenvalue weighted by molar-refractivity contribution is -0.128. The second-order valence-corrected chi connectivity index (χ2v) is 6.38. The Hall–Kier alpha value is -3.43. The molecule has 3 nitrogen and oxygen atoms in total. The normalized spacial score (nSPS) is 11.0. The van der Waals surface area contributed by atoms with Gasteiger partial charge in [-0.1, -0.05) is 60.1 Å². The molecule has 0 spiro atoms. The second kappa shape index (κ2) is 9.49. The zero-order valence-corrected chi connectivity index (χ0v) is 15.7. The highest BCUT2D eigenvalue weighted by Crippen LogP contribution is 2.15. The van der Waals surface area contributed by atoms with Crippen LogP contribution in [0.4, 0.5) is 0 Å². The zero-order valence-electron chi connectivity index (χ0n) is 14.9. The van der Waals surface area contributed by atoms with E-state index in [-0.39, 0.29) is 5.78 Å². The topological polar surface area (TPSA) is 43.4 Å². The molecule has 0 fully saturated rings. The van der Waals surface area contributed by atoms with Gasteiger partial charge in [-0.05, 0) is 59.7 Å². The van der Waals surface area contributed by atoms with Crippen LogP contribution in [-0.2, 0) is 4.79 Å². The van der Waals surface area contributed by atoms with Crippen LogP contribution in [0.1, 0.15) is 21.5 Å². The Bertz CT molecular complexity index is 1000. The van der Waals surface area contributed by atoms with Gasteiger partial charge in [0.25, 0.3) is 0 Å². The number of benzene rings is 3. The van der Waals surface area contributed by atoms with Crippen LogP contribution in [0, 0.1) is 0 Å². The SMILES string of the molecule is O=C(/C=C/c1ccccc1)Oc1ccc(C(=O)/C=C/c2ccc(Cl)cc2)cc1. The number of ether oxygens (including phenoxy) is 1. The molecule has 3 aromatic carbocycles. The summed E-state index contributed by atoms with van der Waals surface area (Å²) in [4.78, 5) is 24.1. The highest BCUT2D eigenvalue weighted by atomic mass is 35.5. The second-order valence-electron chi connectivity index (χ2n) is 5.94. The molecular weight excluding hydrogens is 372 g/mol. The smallest absolute Gasteiger partial charge is 0.336 e. The van der Waals surface area contributed by atoms with E-state index < -0.39 is 5.97 Å². The monoisotopic (exact) mass is 388 g/mol. The van der Waals surface area contributed by atoms with Gasteiger partial charge in [0.2, 0.25) is 0 Å². The number of rotatable bonds is 6. The van der Waals surface area contributed by atoms with Gasteiger partial charge in [0, 0.05) is 16.7 Å². The molecule has 0 atom stereocenters. The van der Waals surface area contributed by atoms with Crippen LogP contribution in [0.25, 0.3) is 12.2 Å². The standard InChI is InChI=1S/C24H17ClO3/c25-21-12-6-19(7-13-21)8-16-23(26)20-10-14-22(15-11-20)28-24(27)17-9-18-4-2-1-3-5-18/h1-17H/b16-8+,17-9+. The minimum absolute atomic E-state index is 0.142. The van der Waals surface area contributed by atoms with Crippen LogP contribution in [0.2, 0.25) is 5.02 Å². The molecular formula is C24H17ClO3. The molecule has 3 aromatic rings. The molecule has 0 radical (unpaired) electrons. The van der Waals surface area contributed by atoms with Crippen LogP contribution in [0.15, 0.2) is 91.0 Å². The summed E-state index contributed by atoms with van der Waals surface area (Å²) < 4.78 is 5.24. The summed E-state index contributed by atoms with van der Waals surface area (Å²) in [6, 6.07) is 23.1. The molecule has 4 heteroatoms. The quantitative estimate of drug-likeness (QED) is 0.230. The van der Waals surface area contributed by atoms with E-state index in [1.165, 1.54) is 12.2 Å². The number of carbonyl (C=O) groups excluding carboxylic acids is 2. The lowest BCUT2D eigenvalue weighted by atomic mass is 10.1. The number of hydrogen-bond donors (Lipinski definition) is 0. The maximum atomic E-state index is 12.2. The van der Waals surface area contributed by atoms with E-state index in [0.717, 1.165) is 11.1 Å². The lowest BCUT2D eigenvalue weighted by Crippen LogP contribution is -2.04. The first-order chi connectivity index (χ1) is 13.6. The molecule has 0 aromatic heterocycles. The molecule has 0 unspecified atom stereocenters. The van der Waals surface area contributed by atoms with Crippen molar-refractivity contribution < 1.29 is 14.3 Å². The van der Waals surface area contributed by atoms with Gasteiger partial charge in [-0.15, -0.1) is 0 Å². The van der Waals surface area contributed by atoms with Crippen molar-refractivity contribution in [2.45, 2.75) is 0 Å². The maximum absolute atomic E-state index is 12.2. The van der Waals surface area contributed by atoms with Crippen LogP contribution < -0.4 is 4.74 Å². The van der Waals surface area contributed by atoms with Crippen molar-refractivity contribution >= 4 is 35.5 Å². The Morgan fingerprint density at radius 3 is 2.00 bits per heavy atom. The van der Waals surface area contributed by atoms with E-state index in [0.29, 0.717) is 16.3 Å². The van der Waals surface area contributed by atoms with E-state index in [1.54, 1.807) is 48.6 Å². The summed E-state index contributed by atoms with van der Waals surface area (Å²) in [6.07, 6.45) is 6.26. The van der Waals surface area contributed by atoms with Crippen LogP contribution >= 0.6 is 11.6 Å². The van der Waals surface area contributed by atoms with E-state index in [2.05, 4.69) is 0 Å². The van der Waals surface area contributed by atoms with Crippen molar-refractivity contribution in [3.8, 4) is 5.75 Å². The minimum atomic E-state index is -0.481. The predicted molar refractivity (Wildman–Crippen MR) is 112 cm³/mol. The maximum Gasteiger partial charge on any atom is 0.336 e. The third-order valence-electron chi connectivity index (χ3n) is 3.87. The van der Waals surface area contributed by atoms with Gasteiger partial charge >= 0.3 is 5.97 Å². The van der Waals surface area contributed by atoms with Crippen molar-refractivity contribution in [1.29, 1.82) is 0 Å². The summed E-state index contributed by atoms with van der Waals surface area (Å²) >= 11 is 5.84. The number of esters is 1. The van der Waals surface area contributed by atoms with Gasteiger partial charge in [0.15, 0.2) is 5.78 Å². The average molecular weight is 389 g/mol. The van der Waals surface area contributed by atoms with Gasteiger partial charge in [-0.2, -0.15) is 0 Å². The van der Waals surface area contributed by atoms with Crippen LogP contribution in [0.3, 0.4) is 0 Å². The Morgan fingerprint density at radius 1 is 0.714 bits per heavy atom. The van der Waals surface area contributed by atoms with Crippen molar-refractivity contribution in [2.75, 3.05) is 0 Å². The summed E-state index contributed by atoms with van der Waals surface area (Å²) in [7, 11) is 0. The number of carbonyl (C=O) groups is 2. The zero-order chi connectivity index (χ0) is 19.8. The van der Waals surface area contributed by atoms with Crippen molar-refractivity contribution in [2.24, 2.45) is 0 Å². The lowest BCUT2D eigenvalue weighted by Gasteiger charge is -2.02. The molecule has 3 rings (SSSR count).